The van der Waals surface area contributed by atoms with Crippen LogP contribution in [0.2, 0.25) is 0 Å². The fraction of sp³-hybridized carbons (Fsp3) is 0.979. The Morgan fingerprint density at radius 1 is 0.456 bits per heavy atom. The molecule has 0 aromatic rings. The Hall–Kier alpha value is -0.500. The number of hydrogen-bond acceptors (Lipinski definition) is 7. The molecule has 0 radical (unpaired) electrons. The van der Waals surface area contributed by atoms with Gasteiger partial charge in [0.15, 0.2) is 0 Å². The second-order valence-corrected chi connectivity index (χ2v) is 18.5. The molecular formula is C48H98NO7P. The van der Waals surface area contributed by atoms with Gasteiger partial charge < -0.3 is 20.1 Å². The highest BCUT2D eigenvalue weighted by molar-refractivity contribution is 7.47. The number of esters is 1. The van der Waals surface area contributed by atoms with Crippen LogP contribution in [0.5, 0.6) is 0 Å². The van der Waals surface area contributed by atoms with Crippen molar-refractivity contribution in [1.29, 1.82) is 0 Å². The van der Waals surface area contributed by atoms with Gasteiger partial charge in [-0.25, -0.2) is 4.57 Å². The summed E-state index contributed by atoms with van der Waals surface area (Å²) in [5.74, 6) is -0.321. The first-order chi connectivity index (χ1) is 27.9. The summed E-state index contributed by atoms with van der Waals surface area (Å²) in [6.07, 6.45) is 49.9. The molecule has 0 amide bonds. The second kappa shape index (κ2) is 46.6. The maximum atomic E-state index is 12.6. The molecule has 342 valence electrons. The topological polar surface area (TPSA) is 117 Å². The minimum atomic E-state index is -4.27. The third kappa shape index (κ3) is 46.4. The van der Waals surface area contributed by atoms with Crippen molar-refractivity contribution in [3.8, 4) is 0 Å². The van der Waals surface area contributed by atoms with Gasteiger partial charge in [-0.3, -0.25) is 13.8 Å². The molecule has 0 aliphatic heterocycles. The van der Waals surface area contributed by atoms with Crippen molar-refractivity contribution in [3.63, 3.8) is 0 Å². The van der Waals surface area contributed by atoms with E-state index in [0.29, 0.717) is 13.0 Å². The van der Waals surface area contributed by atoms with Gasteiger partial charge in [0.05, 0.1) is 19.8 Å². The van der Waals surface area contributed by atoms with Crippen LogP contribution in [0.1, 0.15) is 264 Å². The van der Waals surface area contributed by atoms with Crippen molar-refractivity contribution in [3.05, 3.63) is 0 Å². The molecule has 0 fully saturated rings. The summed E-state index contributed by atoms with van der Waals surface area (Å²) < 4.78 is 33.6. The predicted molar refractivity (Wildman–Crippen MR) is 243 cm³/mol. The molecule has 57 heavy (non-hydrogen) atoms. The summed E-state index contributed by atoms with van der Waals surface area (Å²) >= 11 is 0. The molecule has 0 aliphatic carbocycles. The zero-order valence-corrected chi connectivity index (χ0v) is 39.0. The van der Waals surface area contributed by atoms with Crippen LogP contribution in [0.4, 0.5) is 0 Å². The lowest BCUT2D eigenvalue weighted by Gasteiger charge is -2.20. The average molecular weight is 832 g/mol. The molecule has 9 heteroatoms. The van der Waals surface area contributed by atoms with Crippen molar-refractivity contribution in [2.24, 2.45) is 5.73 Å². The van der Waals surface area contributed by atoms with Gasteiger partial charge in [0, 0.05) is 19.6 Å². The van der Waals surface area contributed by atoms with Gasteiger partial charge >= 0.3 is 13.8 Å². The van der Waals surface area contributed by atoms with Gasteiger partial charge in [-0.15, -0.1) is 0 Å². The SMILES string of the molecule is CCCCCCCCCCCCCCCCCCCCCCCOCC(COP(=O)(O)OCCN)OC(=O)CCCCCCCCCCCCCCCCCCC. The first-order valence-corrected chi connectivity index (χ1v) is 26.5. The number of nitrogens with two attached hydrogens (primary N) is 1. The lowest BCUT2D eigenvalue weighted by Crippen LogP contribution is -2.28. The highest BCUT2D eigenvalue weighted by Gasteiger charge is 2.25. The van der Waals surface area contributed by atoms with E-state index in [4.69, 9.17) is 24.3 Å². The van der Waals surface area contributed by atoms with Gasteiger partial charge in [0.25, 0.3) is 0 Å². The Balaban J connectivity index is 3.88. The Kier molecular flexibility index (Phi) is 46.2. The molecule has 0 rings (SSSR count). The standard InChI is InChI=1S/C48H98NO7P/c1-3-5-7-9-11-13-15-17-19-21-22-23-24-26-28-30-32-34-36-38-40-43-53-45-47(46-55-57(51,52)54-44-42-49)56-48(50)41-39-37-35-33-31-29-27-25-20-18-16-14-12-10-8-6-4-2/h47H,3-46,49H2,1-2H3,(H,51,52). The van der Waals surface area contributed by atoms with E-state index in [1.54, 1.807) is 0 Å². The maximum absolute atomic E-state index is 12.6. The normalized spacial score (nSPS) is 13.3. The van der Waals surface area contributed by atoms with E-state index in [2.05, 4.69) is 13.8 Å². The molecule has 0 spiro atoms. The zero-order chi connectivity index (χ0) is 41.6. The van der Waals surface area contributed by atoms with Crippen molar-refractivity contribution in [2.45, 2.75) is 270 Å². The van der Waals surface area contributed by atoms with E-state index >= 15 is 0 Å². The lowest BCUT2D eigenvalue weighted by molar-refractivity contribution is -0.154. The van der Waals surface area contributed by atoms with Crippen LogP contribution < -0.4 is 5.73 Å². The maximum Gasteiger partial charge on any atom is 0.472 e. The molecular weight excluding hydrogens is 734 g/mol. The van der Waals surface area contributed by atoms with Gasteiger partial charge in [0.2, 0.25) is 0 Å². The highest BCUT2D eigenvalue weighted by atomic mass is 31.2. The number of phosphoric acid groups is 1. The number of hydrogen-bond donors (Lipinski definition) is 2. The molecule has 0 bridgehead atoms. The molecule has 3 N–H and O–H groups in total. The first-order valence-electron chi connectivity index (χ1n) is 25.0. The number of ether oxygens (including phenoxy) is 2. The second-order valence-electron chi connectivity index (χ2n) is 17.1. The molecule has 0 heterocycles. The van der Waals surface area contributed by atoms with Crippen LogP contribution >= 0.6 is 7.82 Å². The summed E-state index contributed by atoms with van der Waals surface area (Å²) in [4.78, 5) is 22.6. The van der Waals surface area contributed by atoms with Crippen molar-refractivity contribution in [2.75, 3.05) is 33.0 Å². The van der Waals surface area contributed by atoms with Gasteiger partial charge in [-0.1, -0.05) is 245 Å². The van der Waals surface area contributed by atoms with Crippen LogP contribution in [0, 0.1) is 0 Å². The Morgan fingerprint density at radius 3 is 1.11 bits per heavy atom. The van der Waals surface area contributed by atoms with E-state index in [-0.39, 0.29) is 32.3 Å². The minimum Gasteiger partial charge on any atom is -0.457 e. The Morgan fingerprint density at radius 2 is 0.772 bits per heavy atom. The smallest absolute Gasteiger partial charge is 0.457 e. The van der Waals surface area contributed by atoms with Crippen LogP contribution in [0.3, 0.4) is 0 Å². The molecule has 8 nitrogen and oxygen atoms in total. The summed E-state index contributed by atoms with van der Waals surface area (Å²) in [5.41, 5.74) is 5.39. The molecule has 0 aromatic carbocycles. The number of carbonyl (C=O) groups is 1. The summed E-state index contributed by atoms with van der Waals surface area (Å²) in [6.45, 7) is 5.01. The Labute approximate surface area is 354 Å². The quantitative estimate of drug-likeness (QED) is 0.0354. The van der Waals surface area contributed by atoms with Crippen LogP contribution in [-0.4, -0.2) is 49.9 Å². The Bertz CT molecular complexity index is 848. The number of rotatable bonds is 49. The summed E-state index contributed by atoms with van der Waals surface area (Å²) in [6, 6.07) is 0. The lowest BCUT2D eigenvalue weighted by atomic mass is 10.0. The summed E-state index contributed by atoms with van der Waals surface area (Å²) in [5, 5.41) is 0. The van der Waals surface area contributed by atoms with Crippen LogP contribution in [0.15, 0.2) is 0 Å². The van der Waals surface area contributed by atoms with Gasteiger partial charge in [0.1, 0.15) is 6.10 Å². The molecule has 0 aliphatic rings. The van der Waals surface area contributed by atoms with E-state index in [9.17, 15) is 14.3 Å². The third-order valence-corrected chi connectivity index (χ3v) is 12.3. The minimum absolute atomic E-state index is 0.0898. The van der Waals surface area contributed by atoms with E-state index in [1.807, 2.05) is 0 Å². The molecule has 2 unspecified atom stereocenters. The van der Waals surface area contributed by atoms with Crippen molar-refractivity contribution < 1.29 is 32.8 Å². The zero-order valence-electron chi connectivity index (χ0n) is 38.1. The predicted octanol–water partition coefficient (Wildman–Crippen LogP) is 15.3. The molecule has 0 saturated carbocycles. The fourth-order valence-electron chi connectivity index (χ4n) is 7.59. The molecule has 2 atom stereocenters. The van der Waals surface area contributed by atoms with Crippen LogP contribution in [-0.2, 0) is 27.9 Å². The van der Waals surface area contributed by atoms with Crippen molar-refractivity contribution in [1.82, 2.24) is 0 Å². The molecule has 0 aromatic heterocycles. The van der Waals surface area contributed by atoms with Crippen molar-refractivity contribution >= 4 is 13.8 Å². The third-order valence-electron chi connectivity index (χ3n) is 11.3. The van der Waals surface area contributed by atoms with E-state index in [0.717, 1.165) is 32.1 Å². The van der Waals surface area contributed by atoms with Gasteiger partial charge in [-0.05, 0) is 12.8 Å². The van der Waals surface area contributed by atoms with E-state index in [1.165, 1.54) is 212 Å². The van der Waals surface area contributed by atoms with E-state index < -0.39 is 13.9 Å². The van der Waals surface area contributed by atoms with Gasteiger partial charge in [-0.2, -0.15) is 0 Å². The number of unbranched alkanes of at least 4 members (excludes halogenated alkanes) is 36. The highest BCUT2D eigenvalue weighted by Crippen LogP contribution is 2.43. The monoisotopic (exact) mass is 832 g/mol. The summed E-state index contributed by atoms with van der Waals surface area (Å²) in [7, 11) is -4.27. The first kappa shape index (κ1) is 56.5. The molecule has 0 saturated heterocycles. The van der Waals surface area contributed by atoms with Crippen LogP contribution in [0.25, 0.3) is 0 Å². The largest absolute Gasteiger partial charge is 0.472 e. The fourth-order valence-corrected chi connectivity index (χ4v) is 8.35. The number of carbonyl (C=O) groups excluding carboxylic acids is 1. The average Bonchev–Trinajstić information content (AvgIpc) is 3.20. The number of phosphoric ester groups is 1.